The maximum absolute atomic E-state index is 12.0. The number of aliphatic carboxylic acids is 1. The van der Waals surface area contributed by atoms with Crippen LogP contribution < -0.4 is 0 Å². The van der Waals surface area contributed by atoms with Crippen molar-refractivity contribution in [1.82, 2.24) is 4.31 Å². The summed E-state index contributed by atoms with van der Waals surface area (Å²) in [5.74, 6) is 0.130. The second-order valence-electron chi connectivity index (χ2n) is 5.08. The molecule has 1 heterocycles. The predicted molar refractivity (Wildman–Crippen MR) is 63.1 cm³/mol. The van der Waals surface area contributed by atoms with E-state index in [4.69, 9.17) is 5.11 Å². The van der Waals surface area contributed by atoms with Crippen LogP contribution in [0.5, 0.6) is 0 Å². The van der Waals surface area contributed by atoms with Gasteiger partial charge in [-0.1, -0.05) is 6.42 Å². The summed E-state index contributed by atoms with van der Waals surface area (Å²) in [6.07, 6.45) is 3.66. The summed E-state index contributed by atoms with van der Waals surface area (Å²) in [5.41, 5.74) is 0. The highest BCUT2D eigenvalue weighted by atomic mass is 32.2. The molecule has 2 aliphatic rings. The van der Waals surface area contributed by atoms with Crippen molar-refractivity contribution in [3.05, 3.63) is 0 Å². The number of rotatable bonds is 5. The topological polar surface area (TPSA) is 74.7 Å². The Labute approximate surface area is 102 Å². The fourth-order valence-corrected chi connectivity index (χ4v) is 4.56. The smallest absolute Gasteiger partial charge is 0.303 e. The van der Waals surface area contributed by atoms with Crippen LogP contribution >= 0.6 is 0 Å². The van der Waals surface area contributed by atoms with E-state index >= 15 is 0 Å². The first kappa shape index (κ1) is 12.8. The molecule has 0 spiro atoms. The number of carboxylic acids is 1. The first-order chi connectivity index (χ1) is 7.99. The largest absolute Gasteiger partial charge is 0.481 e. The number of sulfonamides is 1. The molecular formula is C11H19NO4S. The third-order valence-corrected chi connectivity index (χ3v) is 5.77. The molecule has 2 unspecified atom stereocenters. The van der Waals surface area contributed by atoms with E-state index in [1.165, 1.54) is 6.42 Å². The van der Waals surface area contributed by atoms with Crippen molar-refractivity contribution in [3.63, 3.8) is 0 Å². The van der Waals surface area contributed by atoms with Crippen molar-refractivity contribution in [3.8, 4) is 0 Å². The molecule has 6 heteroatoms. The molecule has 5 nitrogen and oxygen atoms in total. The van der Waals surface area contributed by atoms with Crippen LogP contribution in [0.1, 0.15) is 32.1 Å². The van der Waals surface area contributed by atoms with Crippen LogP contribution in [0.4, 0.5) is 0 Å². The van der Waals surface area contributed by atoms with Crippen LogP contribution in [-0.4, -0.2) is 42.6 Å². The monoisotopic (exact) mass is 261 g/mol. The lowest BCUT2D eigenvalue weighted by molar-refractivity contribution is -0.137. The molecule has 0 radical (unpaired) electrons. The van der Waals surface area contributed by atoms with Gasteiger partial charge < -0.3 is 5.11 Å². The molecule has 1 aliphatic heterocycles. The van der Waals surface area contributed by atoms with Crippen molar-refractivity contribution < 1.29 is 18.3 Å². The first-order valence-electron chi connectivity index (χ1n) is 6.18. The zero-order valence-corrected chi connectivity index (χ0v) is 10.7. The van der Waals surface area contributed by atoms with E-state index in [-0.39, 0.29) is 18.6 Å². The number of hydrogen-bond donors (Lipinski definition) is 1. The van der Waals surface area contributed by atoms with E-state index in [0.717, 1.165) is 12.8 Å². The molecule has 0 aromatic carbocycles. The van der Waals surface area contributed by atoms with Gasteiger partial charge in [-0.15, -0.1) is 0 Å². The highest BCUT2D eigenvalue weighted by Gasteiger charge is 2.40. The molecule has 2 atom stereocenters. The molecular weight excluding hydrogens is 242 g/mol. The van der Waals surface area contributed by atoms with Crippen molar-refractivity contribution in [2.75, 3.05) is 18.8 Å². The standard InChI is InChI=1S/C11H19NO4S/c13-11(14)5-2-6-17(15,16)12-7-9-3-1-4-10(9)8-12/h9-10H,1-8H2,(H,13,14). The minimum atomic E-state index is -3.23. The van der Waals surface area contributed by atoms with Crippen LogP contribution in [0.2, 0.25) is 0 Å². The first-order valence-corrected chi connectivity index (χ1v) is 7.79. The Balaban J connectivity index is 1.86. The Morgan fingerprint density at radius 2 is 1.82 bits per heavy atom. The van der Waals surface area contributed by atoms with Gasteiger partial charge >= 0.3 is 5.97 Å². The number of carbonyl (C=O) groups is 1. The van der Waals surface area contributed by atoms with Gasteiger partial charge in [0.15, 0.2) is 0 Å². The maximum Gasteiger partial charge on any atom is 0.303 e. The molecule has 0 amide bonds. The third kappa shape index (κ3) is 2.98. The van der Waals surface area contributed by atoms with E-state index < -0.39 is 16.0 Å². The molecule has 2 fully saturated rings. The Hall–Kier alpha value is -0.620. The summed E-state index contributed by atoms with van der Waals surface area (Å²) in [5, 5.41) is 8.50. The number of nitrogens with zero attached hydrogens (tertiary/aromatic N) is 1. The lowest BCUT2D eigenvalue weighted by atomic mass is 10.0. The summed E-state index contributed by atoms with van der Waals surface area (Å²) >= 11 is 0. The van der Waals surface area contributed by atoms with Gasteiger partial charge in [0.05, 0.1) is 5.75 Å². The van der Waals surface area contributed by atoms with Crippen molar-refractivity contribution in [2.45, 2.75) is 32.1 Å². The van der Waals surface area contributed by atoms with E-state index in [0.29, 0.717) is 24.9 Å². The minimum Gasteiger partial charge on any atom is -0.481 e. The number of carboxylic acid groups (broad SMARTS) is 1. The van der Waals surface area contributed by atoms with E-state index in [2.05, 4.69) is 0 Å². The average molecular weight is 261 g/mol. The van der Waals surface area contributed by atoms with E-state index in [1.807, 2.05) is 0 Å². The molecule has 98 valence electrons. The highest BCUT2D eigenvalue weighted by molar-refractivity contribution is 7.89. The zero-order valence-electron chi connectivity index (χ0n) is 9.84. The van der Waals surface area contributed by atoms with E-state index in [1.54, 1.807) is 4.31 Å². The van der Waals surface area contributed by atoms with Crippen LogP contribution in [0.25, 0.3) is 0 Å². The molecule has 1 aliphatic carbocycles. The normalized spacial score (nSPS) is 29.4. The number of fused-ring (bicyclic) bond motifs is 1. The Bertz CT molecular complexity index is 380. The predicted octanol–water partition coefficient (Wildman–Crippen LogP) is 0.913. The Morgan fingerprint density at radius 1 is 1.24 bits per heavy atom. The maximum atomic E-state index is 12.0. The van der Waals surface area contributed by atoms with Gasteiger partial charge in [0, 0.05) is 19.5 Å². The molecule has 0 aromatic rings. The Kier molecular flexibility index (Phi) is 3.73. The number of hydrogen-bond acceptors (Lipinski definition) is 3. The van der Waals surface area contributed by atoms with Gasteiger partial charge in [0.25, 0.3) is 0 Å². The van der Waals surface area contributed by atoms with Gasteiger partial charge in [-0.3, -0.25) is 4.79 Å². The van der Waals surface area contributed by atoms with Crippen LogP contribution in [0.15, 0.2) is 0 Å². The molecule has 17 heavy (non-hydrogen) atoms. The molecule has 2 rings (SSSR count). The van der Waals surface area contributed by atoms with Gasteiger partial charge in [-0.05, 0) is 31.1 Å². The third-order valence-electron chi connectivity index (χ3n) is 3.88. The van der Waals surface area contributed by atoms with Gasteiger partial charge in [-0.2, -0.15) is 0 Å². The summed E-state index contributed by atoms with van der Waals surface area (Å²) in [6, 6.07) is 0. The van der Waals surface area contributed by atoms with Crippen molar-refractivity contribution >= 4 is 16.0 Å². The fourth-order valence-electron chi connectivity index (χ4n) is 2.95. The van der Waals surface area contributed by atoms with Crippen LogP contribution in [0.3, 0.4) is 0 Å². The van der Waals surface area contributed by atoms with Crippen LogP contribution in [0, 0.1) is 11.8 Å². The molecule has 1 saturated carbocycles. The second-order valence-corrected chi connectivity index (χ2v) is 7.17. The highest BCUT2D eigenvalue weighted by Crippen LogP contribution is 2.38. The molecule has 1 saturated heterocycles. The van der Waals surface area contributed by atoms with E-state index in [9.17, 15) is 13.2 Å². The summed E-state index contributed by atoms with van der Waals surface area (Å²) in [4.78, 5) is 10.4. The van der Waals surface area contributed by atoms with Crippen molar-refractivity contribution in [1.29, 1.82) is 0 Å². The van der Waals surface area contributed by atoms with Gasteiger partial charge in [0.2, 0.25) is 10.0 Å². The second kappa shape index (κ2) is 4.94. The summed E-state index contributed by atoms with van der Waals surface area (Å²) < 4.78 is 25.5. The molecule has 0 aromatic heterocycles. The van der Waals surface area contributed by atoms with Crippen LogP contribution in [-0.2, 0) is 14.8 Å². The minimum absolute atomic E-state index is 0.0290. The fraction of sp³-hybridized carbons (Fsp3) is 0.909. The van der Waals surface area contributed by atoms with Gasteiger partial charge in [0.1, 0.15) is 0 Å². The summed E-state index contributed by atoms with van der Waals surface area (Å²) in [6.45, 7) is 1.31. The molecule has 1 N–H and O–H groups in total. The molecule has 0 bridgehead atoms. The lowest BCUT2D eigenvalue weighted by Crippen LogP contribution is -2.31. The lowest BCUT2D eigenvalue weighted by Gasteiger charge is -2.16. The van der Waals surface area contributed by atoms with Gasteiger partial charge in [-0.25, -0.2) is 12.7 Å². The SMILES string of the molecule is O=C(O)CCCS(=O)(=O)N1CC2CCCC2C1. The zero-order chi connectivity index (χ0) is 12.5. The average Bonchev–Trinajstić information content (AvgIpc) is 2.74. The Morgan fingerprint density at radius 3 is 2.35 bits per heavy atom. The summed E-state index contributed by atoms with van der Waals surface area (Å²) in [7, 11) is -3.23. The quantitative estimate of drug-likeness (QED) is 0.798. The van der Waals surface area contributed by atoms with Crippen molar-refractivity contribution in [2.24, 2.45) is 11.8 Å².